The summed E-state index contributed by atoms with van der Waals surface area (Å²) in [6, 6.07) is 12.4. The molecule has 0 radical (unpaired) electrons. The number of anilines is 1. The van der Waals surface area contributed by atoms with Crippen LogP contribution in [0.3, 0.4) is 0 Å². The predicted octanol–water partition coefficient (Wildman–Crippen LogP) is 3.55. The minimum Gasteiger partial charge on any atom is -0.467 e. The molecule has 2 N–H and O–H groups in total. The number of halogens is 1. The van der Waals surface area contributed by atoms with Gasteiger partial charge in [0.15, 0.2) is 5.96 Å². The molecule has 2 heterocycles. The Morgan fingerprint density at radius 2 is 2.04 bits per heavy atom. The first-order valence-electron chi connectivity index (χ1n) is 9.38. The van der Waals surface area contributed by atoms with Gasteiger partial charge < -0.3 is 24.7 Å². The van der Waals surface area contributed by atoms with Crippen molar-refractivity contribution in [1.82, 2.24) is 10.6 Å². The van der Waals surface area contributed by atoms with E-state index in [0.717, 1.165) is 44.3 Å². The molecule has 1 aliphatic heterocycles. The fourth-order valence-corrected chi connectivity index (χ4v) is 2.91. The van der Waals surface area contributed by atoms with Crippen molar-refractivity contribution < 1.29 is 9.15 Å². The maximum Gasteiger partial charge on any atom is 0.191 e. The maximum atomic E-state index is 5.58. The van der Waals surface area contributed by atoms with Crippen LogP contribution in [-0.2, 0) is 17.9 Å². The summed E-state index contributed by atoms with van der Waals surface area (Å²) < 4.78 is 10.8. The molecule has 0 spiro atoms. The Labute approximate surface area is 184 Å². The summed E-state index contributed by atoms with van der Waals surface area (Å²) in [6.45, 7) is 4.71. The molecule has 3 rings (SSSR count). The highest BCUT2D eigenvalue weighted by Gasteiger charge is 2.08. The number of hydrogen-bond acceptors (Lipinski definition) is 4. The van der Waals surface area contributed by atoms with Crippen molar-refractivity contribution in [1.29, 1.82) is 0 Å². The Balaban J connectivity index is 0.00000280. The molecule has 0 fully saturated rings. The van der Waals surface area contributed by atoms with E-state index in [-0.39, 0.29) is 24.0 Å². The lowest BCUT2D eigenvalue weighted by Crippen LogP contribution is -2.37. The fourth-order valence-electron chi connectivity index (χ4n) is 2.91. The van der Waals surface area contributed by atoms with E-state index in [1.54, 1.807) is 13.3 Å². The Morgan fingerprint density at radius 3 is 2.79 bits per heavy atom. The second kappa shape index (κ2) is 12.5. The third-order valence-corrected chi connectivity index (χ3v) is 4.36. The van der Waals surface area contributed by atoms with Gasteiger partial charge in [-0.25, -0.2) is 0 Å². The fraction of sp³-hybridized carbons (Fsp3) is 0.381. The van der Waals surface area contributed by atoms with Gasteiger partial charge in [-0.2, -0.15) is 0 Å². The maximum absolute atomic E-state index is 5.58. The highest BCUT2D eigenvalue weighted by Crippen LogP contribution is 2.18. The number of ether oxygens (including phenoxy) is 1. The minimum absolute atomic E-state index is 0. The summed E-state index contributed by atoms with van der Waals surface area (Å²) in [6.07, 6.45) is 6.97. The van der Waals surface area contributed by atoms with Crippen molar-refractivity contribution in [2.24, 2.45) is 4.99 Å². The third-order valence-electron chi connectivity index (χ3n) is 4.36. The lowest BCUT2D eigenvalue weighted by molar-refractivity contribution is 0.105. The minimum atomic E-state index is 0. The molecule has 28 heavy (non-hydrogen) atoms. The summed E-state index contributed by atoms with van der Waals surface area (Å²) in [5.74, 6) is 1.65. The van der Waals surface area contributed by atoms with Crippen molar-refractivity contribution >= 4 is 35.6 Å². The monoisotopic (exact) mass is 496 g/mol. The number of aliphatic imine (C=N–C) groups is 1. The van der Waals surface area contributed by atoms with Gasteiger partial charge in [0.05, 0.1) is 6.26 Å². The molecule has 0 saturated heterocycles. The summed E-state index contributed by atoms with van der Waals surface area (Å²) in [4.78, 5) is 6.63. The van der Waals surface area contributed by atoms with E-state index < -0.39 is 0 Å². The van der Waals surface area contributed by atoms with Gasteiger partial charge in [-0.1, -0.05) is 24.3 Å². The van der Waals surface area contributed by atoms with E-state index in [2.05, 4.69) is 56.9 Å². The summed E-state index contributed by atoms with van der Waals surface area (Å²) in [7, 11) is 1.79. The molecule has 6 nitrogen and oxygen atoms in total. The molecular weight excluding hydrogens is 467 g/mol. The van der Waals surface area contributed by atoms with Crippen LogP contribution in [-0.4, -0.2) is 39.2 Å². The quantitative estimate of drug-likeness (QED) is 0.183. The van der Waals surface area contributed by atoms with Crippen LogP contribution < -0.4 is 15.5 Å². The van der Waals surface area contributed by atoms with Gasteiger partial charge in [0.25, 0.3) is 0 Å². The molecule has 0 atom stereocenters. The molecule has 1 aromatic carbocycles. The Kier molecular flexibility index (Phi) is 9.92. The number of furan rings is 1. The van der Waals surface area contributed by atoms with Crippen LogP contribution >= 0.6 is 24.0 Å². The van der Waals surface area contributed by atoms with Crippen molar-refractivity contribution in [2.75, 3.05) is 38.2 Å². The topological polar surface area (TPSA) is 62.0 Å². The Bertz CT molecular complexity index is 739. The van der Waals surface area contributed by atoms with Crippen LogP contribution in [0.4, 0.5) is 5.69 Å². The molecule has 1 aromatic heterocycles. The van der Waals surface area contributed by atoms with Crippen molar-refractivity contribution in [3.8, 4) is 0 Å². The zero-order valence-electron chi connectivity index (χ0n) is 16.3. The second-order valence-electron chi connectivity index (χ2n) is 6.38. The SMILES string of the molecule is CN=C(NCCCOCc1ccco1)NCc1cccc(N2CC=CC2)c1.I. The van der Waals surface area contributed by atoms with Crippen molar-refractivity contribution in [3.63, 3.8) is 0 Å². The van der Waals surface area contributed by atoms with E-state index in [0.29, 0.717) is 13.2 Å². The molecule has 0 unspecified atom stereocenters. The first kappa shape index (κ1) is 22.3. The van der Waals surface area contributed by atoms with Crippen molar-refractivity contribution in [3.05, 3.63) is 66.1 Å². The molecule has 0 amide bonds. The van der Waals surface area contributed by atoms with Gasteiger partial charge in [-0.15, -0.1) is 24.0 Å². The number of nitrogens with zero attached hydrogens (tertiary/aromatic N) is 2. The van der Waals surface area contributed by atoms with Gasteiger partial charge >= 0.3 is 0 Å². The van der Waals surface area contributed by atoms with E-state index >= 15 is 0 Å². The third kappa shape index (κ3) is 7.20. The normalized spacial score (nSPS) is 13.5. The van der Waals surface area contributed by atoms with Gasteiger partial charge in [0.1, 0.15) is 12.4 Å². The smallest absolute Gasteiger partial charge is 0.191 e. The Hall–Kier alpha value is -2.00. The summed E-state index contributed by atoms with van der Waals surface area (Å²) in [5, 5.41) is 6.68. The lowest BCUT2D eigenvalue weighted by Gasteiger charge is -2.19. The zero-order chi connectivity index (χ0) is 18.7. The van der Waals surface area contributed by atoms with E-state index in [1.165, 1.54) is 11.3 Å². The van der Waals surface area contributed by atoms with Gasteiger partial charge in [-0.3, -0.25) is 4.99 Å². The lowest BCUT2D eigenvalue weighted by atomic mass is 10.2. The summed E-state index contributed by atoms with van der Waals surface area (Å²) >= 11 is 0. The molecule has 0 aliphatic carbocycles. The number of rotatable bonds is 9. The van der Waals surface area contributed by atoms with Crippen LogP contribution in [0.2, 0.25) is 0 Å². The second-order valence-corrected chi connectivity index (χ2v) is 6.38. The van der Waals surface area contributed by atoms with Gasteiger partial charge in [0, 0.05) is 45.5 Å². The number of guanidine groups is 1. The number of hydrogen-bond donors (Lipinski definition) is 2. The first-order valence-corrected chi connectivity index (χ1v) is 9.38. The van der Waals surface area contributed by atoms with Crippen LogP contribution in [0.15, 0.2) is 64.2 Å². The van der Waals surface area contributed by atoms with E-state index in [9.17, 15) is 0 Å². The molecule has 0 saturated carbocycles. The zero-order valence-corrected chi connectivity index (χ0v) is 18.6. The van der Waals surface area contributed by atoms with Crippen LogP contribution in [0.5, 0.6) is 0 Å². The molecule has 0 bridgehead atoms. The number of benzene rings is 1. The molecule has 152 valence electrons. The predicted molar refractivity (Wildman–Crippen MR) is 124 cm³/mol. The average molecular weight is 496 g/mol. The van der Waals surface area contributed by atoms with Crippen LogP contribution in [0, 0.1) is 0 Å². The highest BCUT2D eigenvalue weighted by molar-refractivity contribution is 14.0. The average Bonchev–Trinajstić information content (AvgIpc) is 3.41. The van der Waals surface area contributed by atoms with E-state index in [4.69, 9.17) is 9.15 Å². The first-order chi connectivity index (χ1) is 13.3. The van der Waals surface area contributed by atoms with Crippen LogP contribution in [0.25, 0.3) is 0 Å². The summed E-state index contributed by atoms with van der Waals surface area (Å²) in [5.41, 5.74) is 2.50. The standard InChI is InChI=1S/C21H28N4O2.HI/c1-22-21(23-10-6-13-26-17-20-9-5-14-27-20)24-16-18-7-4-8-19(15-18)25-11-2-3-12-25;/h2-5,7-9,14-15H,6,10-13,16-17H2,1H3,(H2,22,23,24);1H. The largest absolute Gasteiger partial charge is 0.467 e. The van der Waals surface area contributed by atoms with Gasteiger partial charge in [-0.05, 0) is 36.2 Å². The van der Waals surface area contributed by atoms with E-state index in [1.807, 2.05) is 12.1 Å². The molecule has 1 aliphatic rings. The number of nitrogens with one attached hydrogen (secondary N) is 2. The molecule has 7 heteroatoms. The van der Waals surface area contributed by atoms with Crippen molar-refractivity contribution in [2.45, 2.75) is 19.6 Å². The molecular formula is C21H29IN4O2. The van der Waals surface area contributed by atoms with Gasteiger partial charge in [0.2, 0.25) is 0 Å². The highest BCUT2D eigenvalue weighted by atomic mass is 127. The molecule has 2 aromatic rings. The van der Waals surface area contributed by atoms with Crippen LogP contribution in [0.1, 0.15) is 17.7 Å². The Morgan fingerprint density at radius 1 is 1.18 bits per heavy atom.